The van der Waals surface area contributed by atoms with Gasteiger partial charge in [-0.2, -0.15) is 0 Å². The van der Waals surface area contributed by atoms with Crippen LogP contribution >= 0.6 is 0 Å². The average Bonchev–Trinajstić information content (AvgIpc) is 3.14. The van der Waals surface area contributed by atoms with Crippen molar-refractivity contribution in [1.82, 2.24) is 19.2 Å². The quantitative estimate of drug-likeness (QED) is 0.646. The van der Waals surface area contributed by atoms with Crippen molar-refractivity contribution in [2.45, 2.75) is 26.8 Å². The average molecular weight is 393 g/mol. The highest BCUT2D eigenvalue weighted by atomic mass is 16.5. The van der Waals surface area contributed by atoms with Gasteiger partial charge in [-0.15, -0.1) is 0 Å². The molecule has 0 aliphatic carbocycles. The van der Waals surface area contributed by atoms with Crippen molar-refractivity contribution in [2.75, 3.05) is 32.8 Å². The highest BCUT2D eigenvalue weighted by Gasteiger charge is 2.27. The number of carbonyl (C=O) groups is 1. The monoisotopic (exact) mass is 392 g/mol. The third kappa shape index (κ3) is 3.98. The molecule has 1 saturated heterocycles. The molecule has 0 unspecified atom stereocenters. The molecule has 6 nitrogen and oxygen atoms in total. The molecule has 0 N–H and O–H groups in total. The number of aryl methyl sites for hydroxylation is 1. The second-order valence-electron chi connectivity index (χ2n) is 7.31. The van der Waals surface area contributed by atoms with Crippen molar-refractivity contribution in [3.05, 3.63) is 65.6 Å². The number of piperazine rings is 1. The lowest BCUT2D eigenvalue weighted by molar-refractivity contribution is 0.0620. The molecule has 3 aromatic rings. The van der Waals surface area contributed by atoms with E-state index in [1.165, 1.54) is 5.56 Å². The third-order valence-electron chi connectivity index (χ3n) is 5.43. The van der Waals surface area contributed by atoms with Crippen molar-refractivity contribution in [3.63, 3.8) is 0 Å². The Morgan fingerprint density at radius 1 is 1.03 bits per heavy atom. The molecule has 3 heterocycles. The first-order chi connectivity index (χ1) is 14.2. The van der Waals surface area contributed by atoms with Gasteiger partial charge in [0.2, 0.25) is 0 Å². The maximum Gasteiger partial charge on any atom is 0.272 e. The Morgan fingerprint density at radius 3 is 2.48 bits per heavy atom. The van der Waals surface area contributed by atoms with Crippen molar-refractivity contribution >= 4 is 11.6 Å². The van der Waals surface area contributed by atoms with E-state index in [9.17, 15) is 4.79 Å². The van der Waals surface area contributed by atoms with Crippen LogP contribution in [0.15, 0.2) is 48.7 Å². The van der Waals surface area contributed by atoms with Gasteiger partial charge < -0.3 is 9.64 Å². The number of fused-ring (bicyclic) bond motifs is 1. The molecule has 2 aromatic heterocycles. The summed E-state index contributed by atoms with van der Waals surface area (Å²) in [7, 11) is 0. The van der Waals surface area contributed by atoms with Gasteiger partial charge >= 0.3 is 0 Å². The van der Waals surface area contributed by atoms with Gasteiger partial charge in [0, 0.05) is 38.9 Å². The van der Waals surface area contributed by atoms with Crippen LogP contribution in [0.1, 0.15) is 35.6 Å². The zero-order valence-corrected chi connectivity index (χ0v) is 17.2. The Kier molecular flexibility index (Phi) is 5.81. The Balaban J connectivity index is 1.51. The van der Waals surface area contributed by atoms with Crippen LogP contribution in [0.4, 0.5) is 0 Å². The largest absolute Gasteiger partial charge is 0.490 e. The second-order valence-corrected chi connectivity index (χ2v) is 7.31. The van der Waals surface area contributed by atoms with Crippen molar-refractivity contribution in [1.29, 1.82) is 0 Å². The van der Waals surface area contributed by atoms with E-state index in [0.717, 1.165) is 49.8 Å². The summed E-state index contributed by atoms with van der Waals surface area (Å²) in [6, 6.07) is 14.3. The van der Waals surface area contributed by atoms with Crippen LogP contribution in [0.3, 0.4) is 0 Å². The van der Waals surface area contributed by atoms with Gasteiger partial charge in [0.1, 0.15) is 5.69 Å². The van der Waals surface area contributed by atoms with Gasteiger partial charge in [-0.3, -0.25) is 14.1 Å². The SMILES string of the molecule is CCOc1cccn2c(C(=O)N3CCN(Cc4ccccc4)CC3)c(CC)nc12. The topological polar surface area (TPSA) is 50.1 Å². The number of benzene rings is 1. The molecule has 29 heavy (non-hydrogen) atoms. The van der Waals surface area contributed by atoms with E-state index >= 15 is 0 Å². The number of pyridine rings is 1. The summed E-state index contributed by atoms with van der Waals surface area (Å²) in [5.74, 6) is 0.777. The molecule has 0 radical (unpaired) electrons. The van der Waals surface area contributed by atoms with Crippen LogP contribution < -0.4 is 4.74 Å². The van der Waals surface area contributed by atoms with Crippen molar-refractivity contribution in [2.24, 2.45) is 0 Å². The standard InChI is InChI=1S/C23H28N4O2/c1-3-19-21(27-12-8-11-20(29-4-2)22(27)24-19)23(28)26-15-13-25(14-16-26)17-18-9-6-5-7-10-18/h5-12H,3-4,13-17H2,1-2H3. The first-order valence-electron chi connectivity index (χ1n) is 10.4. The zero-order valence-electron chi connectivity index (χ0n) is 17.2. The molecular formula is C23H28N4O2. The minimum Gasteiger partial charge on any atom is -0.490 e. The number of nitrogens with zero attached hydrogens (tertiary/aromatic N) is 4. The molecule has 1 fully saturated rings. The normalized spacial score (nSPS) is 15.0. The zero-order chi connectivity index (χ0) is 20.2. The van der Waals surface area contributed by atoms with E-state index in [2.05, 4.69) is 29.2 Å². The molecule has 0 atom stereocenters. The summed E-state index contributed by atoms with van der Waals surface area (Å²) in [5, 5.41) is 0. The Hall–Kier alpha value is -2.86. The van der Waals surface area contributed by atoms with Gasteiger partial charge in [-0.05, 0) is 31.0 Å². The minimum absolute atomic E-state index is 0.0577. The van der Waals surface area contributed by atoms with Gasteiger partial charge in [-0.1, -0.05) is 37.3 Å². The second kappa shape index (κ2) is 8.66. The molecule has 152 valence electrons. The number of hydrogen-bond donors (Lipinski definition) is 0. The molecule has 1 aliphatic heterocycles. The van der Waals surface area contributed by atoms with Gasteiger partial charge in [0.05, 0.1) is 12.3 Å². The summed E-state index contributed by atoms with van der Waals surface area (Å²) in [6.07, 6.45) is 2.62. The lowest BCUT2D eigenvalue weighted by Crippen LogP contribution is -2.48. The molecule has 1 aromatic carbocycles. The van der Waals surface area contributed by atoms with E-state index in [1.54, 1.807) is 0 Å². The summed E-state index contributed by atoms with van der Waals surface area (Å²) in [4.78, 5) is 22.5. The molecule has 0 spiro atoms. The van der Waals surface area contributed by atoms with Crippen LogP contribution in [-0.4, -0.2) is 57.9 Å². The highest BCUT2D eigenvalue weighted by molar-refractivity contribution is 5.95. The number of imidazole rings is 1. The predicted molar refractivity (Wildman–Crippen MR) is 113 cm³/mol. The van der Waals surface area contributed by atoms with Crippen LogP contribution in [0.5, 0.6) is 5.75 Å². The Labute approximate surface area is 171 Å². The van der Waals surface area contributed by atoms with Crippen molar-refractivity contribution < 1.29 is 9.53 Å². The molecule has 1 amide bonds. The van der Waals surface area contributed by atoms with E-state index in [4.69, 9.17) is 9.72 Å². The van der Waals surface area contributed by atoms with Crippen molar-refractivity contribution in [3.8, 4) is 5.75 Å². The van der Waals surface area contributed by atoms with Gasteiger partial charge in [0.25, 0.3) is 5.91 Å². The highest BCUT2D eigenvalue weighted by Crippen LogP contribution is 2.24. The number of rotatable bonds is 6. The minimum atomic E-state index is 0.0577. The maximum atomic E-state index is 13.4. The number of ether oxygens (including phenoxy) is 1. The van der Waals surface area contributed by atoms with Crippen LogP contribution in [-0.2, 0) is 13.0 Å². The number of hydrogen-bond acceptors (Lipinski definition) is 4. The molecule has 6 heteroatoms. The summed E-state index contributed by atoms with van der Waals surface area (Å²) in [5.41, 5.74) is 3.53. The van der Waals surface area contributed by atoms with E-state index in [-0.39, 0.29) is 5.91 Å². The van der Waals surface area contributed by atoms with Crippen LogP contribution in [0.25, 0.3) is 5.65 Å². The number of aromatic nitrogens is 2. The molecule has 0 saturated carbocycles. The van der Waals surface area contributed by atoms with E-state index in [0.29, 0.717) is 18.7 Å². The third-order valence-corrected chi connectivity index (χ3v) is 5.43. The van der Waals surface area contributed by atoms with Gasteiger partial charge in [0.15, 0.2) is 11.4 Å². The van der Waals surface area contributed by atoms with E-state index in [1.807, 2.05) is 47.5 Å². The molecule has 1 aliphatic rings. The molecule has 0 bridgehead atoms. The fourth-order valence-corrected chi connectivity index (χ4v) is 3.93. The molecular weight excluding hydrogens is 364 g/mol. The summed E-state index contributed by atoms with van der Waals surface area (Å²) >= 11 is 0. The van der Waals surface area contributed by atoms with Crippen LogP contribution in [0.2, 0.25) is 0 Å². The van der Waals surface area contributed by atoms with E-state index < -0.39 is 0 Å². The fourth-order valence-electron chi connectivity index (χ4n) is 3.93. The first kappa shape index (κ1) is 19.5. The predicted octanol–water partition coefficient (Wildman–Crippen LogP) is 3.25. The molecule has 4 rings (SSSR count). The summed E-state index contributed by atoms with van der Waals surface area (Å²) in [6.45, 7) is 8.70. The smallest absolute Gasteiger partial charge is 0.272 e. The van der Waals surface area contributed by atoms with Crippen LogP contribution in [0, 0.1) is 0 Å². The number of amides is 1. The summed E-state index contributed by atoms with van der Waals surface area (Å²) < 4.78 is 7.60. The Bertz CT molecular complexity index is 975. The lowest BCUT2D eigenvalue weighted by Gasteiger charge is -2.34. The lowest BCUT2D eigenvalue weighted by atomic mass is 10.2. The van der Waals surface area contributed by atoms with Gasteiger partial charge in [-0.25, -0.2) is 4.98 Å². The first-order valence-corrected chi connectivity index (χ1v) is 10.4. The fraction of sp³-hybridized carbons (Fsp3) is 0.391. The number of carbonyl (C=O) groups excluding carboxylic acids is 1. The maximum absolute atomic E-state index is 13.4. The Morgan fingerprint density at radius 2 is 1.79 bits per heavy atom.